The van der Waals surface area contributed by atoms with Crippen molar-refractivity contribution in [3.8, 4) is 0 Å². The first-order valence-corrected chi connectivity index (χ1v) is 9.93. The first kappa shape index (κ1) is 20.1. The number of carbonyl (C=O) groups is 1. The Morgan fingerprint density at radius 3 is 2.35 bits per heavy atom. The number of anilines is 1. The van der Waals surface area contributed by atoms with Gasteiger partial charge in [0.05, 0.1) is 10.5 Å². The Balaban J connectivity index is 2.24. The average Bonchev–Trinajstić information content (AvgIpc) is 2.60. The summed E-state index contributed by atoms with van der Waals surface area (Å²) < 4.78 is 40.8. The molecule has 2 rings (SSSR count). The largest absolute Gasteiger partial charge is 0.322 e. The Kier molecular flexibility index (Phi) is 6.50. The minimum atomic E-state index is -3.78. The second kappa shape index (κ2) is 8.42. The fourth-order valence-corrected chi connectivity index (χ4v) is 3.47. The molecule has 0 aliphatic rings. The highest BCUT2D eigenvalue weighted by Crippen LogP contribution is 2.20. The monoisotopic (exact) mass is 378 g/mol. The third-order valence-corrected chi connectivity index (χ3v) is 5.33. The highest BCUT2D eigenvalue weighted by atomic mass is 32.2. The van der Waals surface area contributed by atoms with Crippen LogP contribution in [0.15, 0.2) is 47.4 Å². The van der Waals surface area contributed by atoms with Crippen LogP contribution in [-0.4, -0.2) is 20.9 Å². The molecule has 0 aliphatic carbocycles. The minimum Gasteiger partial charge on any atom is -0.322 e. The van der Waals surface area contributed by atoms with E-state index >= 15 is 0 Å². The average molecular weight is 378 g/mol. The van der Waals surface area contributed by atoms with Gasteiger partial charge in [-0.15, -0.1) is 0 Å². The fraction of sp³-hybridized carbons (Fsp3) is 0.316. The van der Waals surface area contributed by atoms with Gasteiger partial charge >= 0.3 is 0 Å². The van der Waals surface area contributed by atoms with Crippen molar-refractivity contribution in [1.82, 2.24) is 4.72 Å². The van der Waals surface area contributed by atoms with Crippen molar-refractivity contribution in [3.05, 3.63) is 59.4 Å². The summed E-state index contributed by atoms with van der Waals surface area (Å²) in [6, 6.07) is 10.4. The van der Waals surface area contributed by atoms with E-state index in [4.69, 9.17) is 0 Å². The van der Waals surface area contributed by atoms with Gasteiger partial charge in [-0.25, -0.2) is 17.5 Å². The van der Waals surface area contributed by atoms with Gasteiger partial charge in [0, 0.05) is 12.2 Å². The zero-order chi connectivity index (χ0) is 19.3. The van der Waals surface area contributed by atoms with Gasteiger partial charge in [0.1, 0.15) is 5.82 Å². The van der Waals surface area contributed by atoms with E-state index < -0.39 is 21.7 Å². The van der Waals surface area contributed by atoms with E-state index in [1.54, 1.807) is 12.1 Å². The van der Waals surface area contributed by atoms with Gasteiger partial charge < -0.3 is 5.32 Å². The molecule has 0 bridgehead atoms. The first-order chi connectivity index (χ1) is 12.2. The molecule has 0 saturated heterocycles. The summed E-state index contributed by atoms with van der Waals surface area (Å²) in [5.41, 5.74) is 1.30. The molecular formula is C19H23FN2O3S. The molecule has 140 valence electrons. The van der Waals surface area contributed by atoms with Gasteiger partial charge in [-0.2, -0.15) is 0 Å². The molecular weight excluding hydrogens is 355 g/mol. The lowest BCUT2D eigenvalue weighted by atomic mass is 10.0. The smallest absolute Gasteiger partial charge is 0.258 e. The van der Waals surface area contributed by atoms with Gasteiger partial charge in [0.15, 0.2) is 0 Å². The van der Waals surface area contributed by atoms with Crippen LogP contribution in [0.3, 0.4) is 0 Å². The van der Waals surface area contributed by atoms with E-state index in [1.807, 2.05) is 19.1 Å². The summed E-state index contributed by atoms with van der Waals surface area (Å²) in [5.74, 6) is -1.13. The molecule has 0 aliphatic heterocycles. The number of rotatable bonds is 7. The normalized spacial score (nSPS) is 11.6. The molecule has 0 unspecified atom stereocenters. The Labute approximate surface area is 153 Å². The maximum atomic E-state index is 14.1. The molecule has 0 saturated carbocycles. The molecule has 0 spiro atoms. The van der Waals surface area contributed by atoms with E-state index in [2.05, 4.69) is 23.9 Å². The van der Waals surface area contributed by atoms with Crippen LogP contribution in [-0.2, 0) is 10.0 Å². The summed E-state index contributed by atoms with van der Waals surface area (Å²) >= 11 is 0. The molecule has 2 aromatic carbocycles. The van der Waals surface area contributed by atoms with Crippen molar-refractivity contribution in [2.45, 2.75) is 38.0 Å². The number of nitrogens with one attached hydrogen (secondary N) is 2. The Morgan fingerprint density at radius 2 is 1.77 bits per heavy atom. The summed E-state index contributed by atoms with van der Waals surface area (Å²) in [4.78, 5) is 12.2. The van der Waals surface area contributed by atoms with E-state index in [9.17, 15) is 17.6 Å². The maximum Gasteiger partial charge on any atom is 0.258 e. The van der Waals surface area contributed by atoms with Gasteiger partial charge in [0.25, 0.3) is 5.91 Å². The lowest BCUT2D eigenvalue weighted by molar-refractivity contribution is 0.102. The SMILES string of the molecule is CCCNS(=O)(=O)c1ccc(F)c(C(=O)Nc2ccc(C(C)C)cc2)c1. The van der Waals surface area contributed by atoms with Gasteiger partial charge in [-0.1, -0.05) is 32.9 Å². The molecule has 7 heteroatoms. The number of carbonyl (C=O) groups excluding carboxylic acids is 1. The van der Waals surface area contributed by atoms with Crippen molar-refractivity contribution in [1.29, 1.82) is 0 Å². The highest BCUT2D eigenvalue weighted by Gasteiger charge is 2.19. The molecule has 0 atom stereocenters. The zero-order valence-electron chi connectivity index (χ0n) is 15.0. The number of benzene rings is 2. The molecule has 0 radical (unpaired) electrons. The van der Waals surface area contributed by atoms with Crippen molar-refractivity contribution in [3.63, 3.8) is 0 Å². The summed E-state index contributed by atoms with van der Waals surface area (Å²) in [6.07, 6.45) is 0.625. The summed E-state index contributed by atoms with van der Waals surface area (Å²) in [7, 11) is -3.78. The second-order valence-corrected chi connectivity index (χ2v) is 8.04. The van der Waals surface area contributed by atoms with E-state index in [-0.39, 0.29) is 17.0 Å². The van der Waals surface area contributed by atoms with Gasteiger partial charge in [-0.3, -0.25) is 4.79 Å². The fourth-order valence-electron chi connectivity index (χ4n) is 2.32. The number of amides is 1. The summed E-state index contributed by atoms with van der Waals surface area (Å²) in [5, 5.41) is 2.59. The lowest BCUT2D eigenvalue weighted by Gasteiger charge is -2.11. The number of halogens is 1. The molecule has 5 nitrogen and oxygen atoms in total. The molecule has 0 fully saturated rings. The lowest BCUT2D eigenvalue weighted by Crippen LogP contribution is -2.25. The van der Waals surface area contributed by atoms with Crippen LogP contribution in [0.1, 0.15) is 49.0 Å². The zero-order valence-corrected chi connectivity index (χ0v) is 15.9. The topological polar surface area (TPSA) is 75.3 Å². The highest BCUT2D eigenvalue weighted by molar-refractivity contribution is 7.89. The van der Waals surface area contributed by atoms with Crippen LogP contribution in [0.2, 0.25) is 0 Å². The molecule has 2 aromatic rings. The van der Waals surface area contributed by atoms with Crippen molar-refractivity contribution < 1.29 is 17.6 Å². The Morgan fingerprint density at radius 1 is 1.12 bits per heavy atom. The van der Waals surface area contributed by atoms with Crippen molar-refractivity contribution >= 4 is 21.6 Å². The molecule has 0 aromatic heterocycles. The number of hydrogen-bond donors (Lipinski definition) is 2. The standard InChI is InChI=1S/C19H23FN2O3S/c1-4-11-21-26(24,25)16-9-10-18(20)17(12-16)19(23)22-15-7-5-14(6-8-15)13(2)3/h5-10,12-13,21H,4,11H2,1-3H3,(H,22,23). The number of hydrogen-bond acceptors (Lipinski definition) is 3. The minimum absolute atomic E-state index is 0.146. The molecule has 2 N–H and O–H groups in total. The molecule has 1 amide bonds. The predicted octanol–water partition coefficient (Wildman–Crippen LogP) is 3.89. The van der Waals surface area contributed by atoms with Crippen LogP contribution in [0.5, 0.6) is 0 Å². The van der Waals surface area contributed by atoms with Crippen LogP contribution < -0.4 is 10.0 Å². The maximum absolute atomic E-state index is 14.1. The van der Waals surface area contributed by atoms with Crippen LogP contribution in [0.25, 0.3) is 0 Å². The summed E-state index contributed by atoms with van der Waals surface area (Å²) in [6.45, 7) is 6.21. The van der Waals surface area contributed by atoms with Crippen LogP contribution in [0.4, 0.5) is 10.1 Å². The Bertz CT molecular complexity index is 878. The third-order valence-electron chi connectivity index (χ3n) is 3.87. The second-order valence-electron chi connectivity index (χ2n) is 6.27. The van der Waals surface area contributed by atoms with Crippen molar-refractivity contribution in [2.75, 3.05) is 11.9 Å². The van der Waals surface area contributed by atoms with E-state index in [0.29, 0.717) is 18.0 Å². The van der Waals surface area contributed by atoms with Gasteiger partial charge in [-0.05, 0) is 48.2 Å². The first-order valence-electron chi connectivity index (χ1n) is 8.45. The van der Waals surface area contributed by atoms with E-state index in [1.165, 1.54) is 0 Å². The van der Waals surface area contributed by atoms with E-state index in [0.717, 1.165) is 23.8 Å². The third kappa shape index (κ3) is 4.89. The van der Waals surface area contributed by atoms with Crippen molar-refractivity contribution in [2.24, 2.45) is 0 Å². The van der Waals surface area contributed by atoms with Gasteiger partial charge in [0.2, 0.25) is 10.0 Å². The quantitative estimate of drug-likeness (QED) is 0.767. The van der Waals surface area contributed by atoms with Crippen LogP contribution in [0, 0.1) is 5.82 Å². The molecule has 0 heterocycles. The Hall–Kier alpha value is -2.25. The predicted molar refractivity (Wildman–Crippen MR) is 100 cm³/mol. The molecule has 26 heavy (non-hydrogen) atoms. The number of sulfonamides is 1. The van der Waals surface area contributed by atoms with Crippen LogP contribution >= 0.6 is 0 Å².